The number of hydrogen-bond donors (Lipinski definition) is 3. The summed E-state index contributed by atoms with van der Waals surface area (Å²) < 4.78 is 5.45. The Morgan fingerprint density at radius 2 is 0.631 bits per heavy atom. The number of rotatable bonds is 56. The first kappa shape index (κ1) is 63.9. The zero-order chi connectivity index (χ0) is 47.2. The van der Waals surface area contributed by atoms with Crippen molar-refractivity contribution in [2.75, 3.05) is 13.2 Å². The van der Waals surface area contributed by atoms with Gasteiger partial charge in [0.2, 0.25) is 5.91 Å². The van der Waals surface area contributed by atoms with Gasteiger partial charge in [-0.25, -0.2) is 0 Å². The lowest BCUT2D eigenvalue weighted by molar-refractivity contribution is -0.143. The first-order chi connectivity index (χ1) is 32.0. The number of hydrogen-bond acceptors (Lipinski definition) is 5. The Bertz CT molecular complexity index is 928. The van der Waals surface area contributed by atoms with Gasteiger partial charge in [-0.2, -0.15) is 0 Å². The lowest BCUT2D eigenvalue weighted by Gasteiger charge is -2.22. The lowest BCUT2D eigenvalue weighted by atomic mass is 10.0. The van der Waals surface area contributed by atoms with Crippen LogP contribution >= 0.6 is 0 Å². The largest absolute Gasteiger partial charge is 0.466 e. The molecule has 0 fully saturated rings. The number of carbonyl (C=O) groups is 2. The second kappa shape index (κ2) is 55.5. The minimum atomic E-state index is -0.674. The summed E-state index contributed by atoms with van der Waals surface area (Å²) in [7, 11) is 0. The van der Waals surface area contributed by atoms with Crippen molar-refractivity contribution in [3.05, 3.63) is 0 Å². The summed E-state index contributed by atoms with van der Waals surface area (Å²) in [6.07, 6.45) is 63.8. The van der Waals surface area contributed by atoms with Crippen LogP contribution in [0.3, 0.4) is 0 Å². The molecule has 0 aliphatic carbocycles. The number of unbranched alkanes of at least 4 members (excludes halogenated alkanes) is 45. The van der Waals surface area contributed by atoms with Crippen LogP contribution < -0.4 is 5.32 Å². The first-order valence-electron chi connectivity index (χ1n) is 29.8. The molecule has 0 heterocycles. The van der Waals surface area contributed by atoms with Crippen molar-refractivity contribution < 1.29 is 24.5 Å². The second-order valence-corrected chi connectivity index (χ2v) is 20.7. The van der Waals surface area contributed by atoms with Gasteiger partial charge in [-0.1, -0.05) is 303 Å². The fourth-order valence-corrected chi connectivity index (χ4v) is 9.58. The van der Waals surface area contributed by atoms with E-state index >= 15 is 0 Å². The summed E-state index contributed by atoms with van der Waals surface area (Å²) in [5.41, 5.74) is 0. The van der Waals surface area contributed by atoms with Gasteiger partial charge in [-0.3, -0.25) is 9.59 Å². The minimum absolute atomic E-state index is 0.00795. The summed E-state index contributed by atoms with van der Waals surface area (Å²) in [5.74, 6) is -0.0536. The van der Waals surface area contributed by atoms with E-state index in [0.29, 0.717) is 25.9 Å². The zero-order valence-electron chi connectivity index (χ0n) is 44.3. The summed E-state index contributed by atoms with van der Waals surface area (Å²) in [4.78, 5) is 24.5. The summed E-state index contributed by atoms with van der Waals surface area (Å²) in [6, 6.07) is -0.552. The standard InChI is InChI=1S/C59H117NO5/c1-3-5-7-9-11-13-15-16-17-18-19-20-21-22-23-24-25-26-27-28-32-35-39-43-47-51-57(62)56(55-61)60-58(63)52-48-44-40-36-33-29-30-34-38-42-46-50-54-65-59(64)53-49-45-41-37-31-14-12-10-8-6-4-2/h56-57,61-62H,3-55H2,1-2H3,(H,60,63). The van der Waals surface area contributed by atoms with Crippen molar-refractivity contribution in [1.29, 1.82) is 0 Å². The first-order valence-corrected chi connectivity index (χ1v) is 29.8. The number of nitrogens with one attached hydrogen (secondary N) is 1. The molecule has 0 aliphatic rings. The molecule has 6 heteroatoms. The van der Waals surface area contributed by atoms with Gasteiger partial charge in [0.1, 0.15) is 0 Å². The van der Waals surface area contributed by atoms with E-state index in [-0.39, 0.29) is 18.5 Å². The van der Waals surface area contributed by atoms with Crippen molar-refractivity contribution in [2.45, 2.75) is 353 Å². The minimum Gasteiger partial charge on any atom is -0.466 e. The monoisotopic (exact) mass is 920 g/mol. The Kier molecular flexibility index (Phi) is 54.5. The fourth-order valence-electron chi connectivity index (χ4n) is 9.58. The van der Waals surface area contributed by atoms with E-state index in [4.69, 9.17) is 4.74 Å². The molecule has 0 aromatic heterocycles. The van der Waals surface area contributed by atoms with Crippen LogP contribution in [0.15, 0.2) is 0 Å². The number of carbonyl (C=O) groups excluding carboxylic acids is 2. The Morgan fingerprint density at radius 3 is 0.938 bits per heavy atom. The normalized spacial score (nSPS) is 12.5. The maximum Gasteiger partial charge on any atom is 0.305 e. The van der Waals surface area contributed by atoms with Crippen LogP contribution in [-0.2, 0) is 14.3 Å². The van der Waals surface area contributed by atoms with Crippen molar-refractivity contribution in [3.8, 4) is 0 Å². The van der Waals surface area contributed by atoms with Crippen LogP contribution in [0.5, 0.6) is 0 Å². The van der Waals surface area contributed by atoms with E-state index in [1.807, 2.05) is 0 Å². The Morgan fingerprint density at radius 1 is 0.369 bits per heavy atom. The highest BCUT2D eigenvalue weighted by atomic mass is 16.5. The molecule has 0 aromatic rings. The SMILES string of the molecule is CCCCCCCCCCCCCCCCCCCCCCCCCCCC(O)C(CO)NC(=O)CCCCCCCCCCCCCCOC(=O)CCCCCCCCCCCCC. The molecular formula is C59H117NO5. The third kappa shape index (κ3) is 52.1. The molecule has 0 saturated carbocycles. The Labute approximate surface area is 406 Å². The van der Waals surface area contributed by atoms with Crippen molar-refractivity contribution in [2.24, 2.45) is 0 Å². The average molecular weight is 921 g/mol. The molecule has 0 saturated heterocycles. The molecule has 1 amide bonds. The van der Waals surface area contributed by atoms with Gasteiger partial charge in [0, 0.05) is 12.8 Å². The summed E-state index contributed by atoms with van der Waals surface area (Å²) >= 11 is 0. The lowest BCUT2D eigenvalue weighted by Crippen LogP contribution is -2.45. The van der Waals surface area contributed by atoms with Crippen molar-refractivity contribution >= 4 is 11.9 Å². The van der Waals surface area contributed by atoms with E-state index in [1.165, 1.54) is 250 Å². The topological polar surface area (TPSA) is 95.9 Å². The highest BCUT2D eigenvalue weighted by molar-refractivity contribution is 5.76. The van der Waals surface area contributed by atoms with E-state index in [0.717, 1.165) is 57.8 Å². The maximum absolute atomic E-state index is 12.5. The molecule has 0 spiro atoms. The number of amides is 1. The number of esters is 1. The molecule has 2 unspecified atom stereocenters. The third-order valence-corrected chi connectivity index (χ3v) is 14.2. The van der Waals surface area contributed by atoms with Gasteiger partial charge >= 0.3 is 5.97 Å². The zero-order valence-corrected chi connectivity index (χ0v) is 44.3. The van der Waals surface area contributed by atoms with Gasteiger partial charge in [0.05, 0.1) is 25.4 Å². The molecule has 2 atom stereocenters. The highest BCUT2D eigenvalue weighted by Gasteiger charge is 2.20. The van der Waals surface area contributed by atoms with Gasteiger partial charge in [0.15, 0.2) is 0 Å². The van der Waals surface area contributed by atoms with E-state index in [1.54, 1.807) is 0 Å². The summed E-state index contributed by atoms with van der Waals surface area (Å²) in [6.45, 7) is 4.94. The maximum atomic E-state index is 12.5. The van der Waals surface area contributed by atoms with Gasteiger partial charge in [-0.05, 0) is 25.7 Å². The van der Waals surface area contributed by atoms with Crippen LogP contribution in [-0.4, -0.2) is 47.4 Å². The second-order valence-electron chi connectivity index (χ2n) is 20.7. The van der Waals surface area contributed by atoms with Crippen LogP contribution in [0.2, 0.25) is 0 Å². The fraction of sp³-hybridized carbons (Fsp3) is 0.966. The van der Waals surface area contributed by atoms with Gasteiger partial charge < -0.3 is 20.3 Å². The van der Waals surface area contributed by atoms with E-state index in [2.05, 4.69) is 19.2 Å². The molecule has 0 aliphatic heterocycles. The molecule has 0 aromatic carbocycles. The third-order valence-electron chi connectivity index (χ3n) is 14.2. The van der Waals surface area contributed by atoms with Gasteiger partial charge in [0.25, 0.3) is 0 Å². The average Bonchev–Trinajstić information content (AvgIpc) is 3.31. The quantitative estimate of drug-likeness (QED) is 0.0417. The number of ether oxygens (including phenoxy) is 1. The highest BCUT2D eigenvalue weighted by Crippen LogP contribution is 2.18. The number of aliphatic hydroxyl groups is 2. The Balaban J connectivity index is 3.43. The molecule has 6 nitrogen and oxygen atoms in total. The molecule has 65 heavy (non-hydrogen) atoms. The molecule has 388 valence electrons. The van der Waals surface area contributed by atoms with Crippen molar-refractivity contribution in [3.63, 3.8) is 0 Å². The predicted molar refractivity (Wildman–Crippen MR) is 283 cm³/mol. The number of aliphatic hydroxyl groups excluding tert-OH is 2. The van der Waals surface area contributed by atoms with Crippen LogP contribution in [0.25, 0.3) is 0 Å². The molecule has 0 bridgehead atoms. The molecule has 3 N–H and O–H groups in total. The van der Waals surface area contributed by atoms with Crippen molar-refractivity contribution in [1.82, 2.24) is 5.32 Å². The van der Waals surface area contributed by atoms with Gasteiger partial charge in [-0.15, -0.1) is 0 Å². The summed E-state index contributed by atoms with van der Waals surface area (Å²) in [5, 5.41) is 23.4. The Hall–Kier alpha value is -1.14. The molecule has 0 radical (unpaired) electrons. The van der Waals surface area contributed by atoms with Crippen LogP contribution in [0, 0.1) is 0 Å². The van der Waals surface area contributed by atoms with Crippen LogP contribution in [0.4, 0.5) is 0 Å². The molecular weight excluding hydrogens is 803 g/mol. The van der Waals surface area contributed by atoms with E-state index in [9.17, 15) is 19.8 Å². The van der Waals surface area contributed by atoms with Crippen LogP contribution in [0.1, 0.15) is 341 Å². The molecule has 0 rings (SSSR count). The predicted octanol–water partition coefficient (Wildman–Crippen LogP) is 18.3. The smallest absolute Gasteiger partial charge is 0.305 e. The van der Waals surface area contributed by atoms with E-state index < -0.39 is 12.1 Å².